The predicted molar refractivity (Wildman–Crippen MR) is 119 cm³/mol. The number of anilines is 2. The van der Waals surface area contributed by atoms with Gasteiger partial charge in [-0.2, -0.15) is 5.10 Å². The topological polar surface area (TPSA) is 104 Å². The van der Waals surface area contributed by atoms with Crippen molar-refractivity contribution in [2.24, 2.45) is 0 Å². The second-order valence-corrected chi connectivity index (χ2v) is 7.62. The van der Waals surface area contributed by atoms with Gasteiger partial charge in [0.2, 0.25) is 5.91 Å². The van der Waals surface area contributed by atoms with Crippen LogP contribution in [0.5, 0.6) is 0 Å². The first-order valence-corrected chi connectivity index (χ1v) is 10.4. The lowest BCUT2D eigenvalue weighted by Gasteiger charge is -2.34. The van der Waals surface area contributed by atoms with Crippen LogP contribution in [0.3, 0.4) is 0 Å². The summed E-state index contributed by atoms with van der Waals surface area (Å²) in [5.74, 6) is 1.53. The lowest BCUT2D eigenvalue weighted by Crippen LogP contribution is -2.49. The van der Waals surface area contributed by atoms with Crippen molar-refractivity contribution in [3.63, 3.8) is 0 Å². The standard InChI is InChI=1S/C22H24N8O/c31-20(13-24-19-9-12-30(28-19)17-6-2-1-3-7-17)27-16-5-4-11-29(14-16)22-18-8-10-23-21(18)25-15-26-22/h1-3,6-10,12,15-16H,4-5,11,13-14H2,(H,24,28)(H,27,31)(H,23,25,26)/t16-/m1/s1. The summed E-state index contributed by atoms with van der Waals surface area (Å²) >= 11 is 0. The first-order valence-electron chi connectivity index (χ1n) is 10.4. The van der Waals surface area contributed by atoms with Crippen molar-refractivity contribution in [3.05, 3.63) is 61.2 Å². The molecule has 3 N–H and O–H groups in total. The van der Waals surface area contributed by atoms with Gasteiger partial charge >= 0.3 is 0 Å². The van der Waals surface area contributed by atoms with Gasteiger partial charge in [-0.05, 0) is 31.0 Å². The molecule has 1 saturated heterocycles. The Kier molecular flexibility index (Phi) is 5.22. The van der Waals surface area contributed by atoms with Gasteiger partial charge in [0.1, 0.15) is 23.6 Å². The molecule has 158 valence electrons. The maximum absolute atomic E-state index is 12.5. The number of hydrogen-bond acceptors (Lipinski definition) is 6. The first kappa shape index (κ1) is 19.1. The molecule has 1 amide bonds. The van der Waals surface area contributed by atoms with Crippen LogP contribution in [-0.4, -0.2) is 56.3 Å². The molecular weight excluding hydrogens is 392 g/mol. The minimum absolute atomic E-state index is 0.0457. The molecule has 1 aromatic carbocycles. The smallest absolute Gasteiger partial charge is 0.239 e. The van der Waals surface area contributed by atoms with Gasteiger partial charge in [0.15, 0.2) is 0 Å². The van der Waals surface area contributed by atoms with Crippen molar-refractivity contribution in [3.8, 4) is 5.69 Å². The molecule has 1 aliphatic rings. The number of aromatic nitrogens is 5. The van der Waals surface area contributed by atoms with Crippen molar-refractivity contribution in [1.29, 1.82) is 0 Å². The van der Waals surface area contributed by atoms with E-state index >= 15 is 0 Å². The third-order valence-corrected chi connectivity index (χ3v) is 5.46. The number of piperidine rings is 1. The minimum atomic E-state index is -0.0457. The van der Waals surface area contributed by atoms with Gasteiger partial charge in [-0.1, -0.05) is 18.2 Å². The number of carbonyl (C=O) groups is 1. The fourth-order valence-electron chi connectivity index (χ4n) is 3.99. The second kappa shape index (κ2) is 8.47. The highest BCUT2D eigenvalue weighted by Crippen LogP contribution is 2.25. The van der Waals surface area contributed by atoms with Crippen LogP contribution in [0.15, 0.2) is 61.2 Å². The zero-order valence-corrected chi connectivity index (χ0v) is 17.0. The van der Waals surface area contributed by atoms with Crippen molar-refractivity contribution in [2.45, 2.75) is 18.9 Å². The molecule has 0 saturated carbocycles. The maximum atomic E-state index is 12.5. The molecule has 0 radical (unpaired) electrons. The summed E-state index contributed by atoms with van der Waals surface area (Å²) < 4.78 is 1.78. The van der Waals surface area contributed by atoms with E-state index in [1.165, 1.54) is 0 Å². The van der Waals surface area contributed by atoms with Gasteiger partial charge in [-0.15, -0.1) is 0 Å². The van der Waals surface area contributed by atoms with Crippen molar-refractivity contribution in [2.75, 3.05) is 29.9 Å². The number of amides is 1. The summed E-state index contributed by atoms with van der Waals surface area (Å²) in [6.07, 6.45) is 7.27. The normalized spacial score (nSPS) is 16.4. The van der Waals surface area contributed by atoms with Crippen LogP contribution >= 0.6 is 0 Å². The zero-order chi connectivity index (χ0) is 21.0. The molecule has 3 aromatic heterocycles. The Balaban J connectivity index is 1.16. The number of carbonyl (C=O) groups excluding carboxylic acids is 1. The Morgan fingerprint density at radius 3 is 2.97 bits per heavy atom. The Morgan fingerprint density at radius 2 is 2.06 bits per heavy atom. The van der Waals surface area contributed by atoms with Gasteiger partial charge < -0.3 is 20.5 Å². The Hall–Kier alpha value is -3.88. The number of nitrogens with one attached hydrogen (secondary N) is 3. The van der Waals surface area contributed by atoms with Gasteiger partial charge in [-0.3, -0.25) is 4.79 Å². The van der Waals surface area contributed by atoms with Gasteiger partial charge in [-0.25, -0.2) is 14.6 Å². The molecule has 0 spiro atoms. The third-order valence-electron chi connectivity index (χ3n) is 5.46. The highest BCUT2D eigenvalue weighted by Gasteiger charge is 2.23. The van der Waals surface area contributed by atoms with E-state index in [2.05, 4.69) is 35.6 Å². The number of nitrogens with zero attached hydrogens (tertiary/aromatic N) is 5. The molecule has 0 unspecified atom stereocenters. The van der Waals surface area contributed by atoms with Crippen LogP contribution in [0.4, 0.5) is 11.6 Å². The largest absolute Gasteiger partial charge is 0.360 e. The molecule has 1 atom stereocenters. The molecular formula is C22H24N8O. The number of fused-ring (bicyclic) bond motifs is 1. The molecule has 9 heteroatoms. The number of hydrogen-bond donors (Lipinski definition) is 3. The summed E-state index contributed by atoms with van der Waals surface area (Å²) in [5, 5.41) is 11.7. The van der Waals surface area contributed by atoms with Gasteiger partial charge in [0, 0.05) is 37.6 Å². The summed E-state index contributed by atoms with van der Waals surface area (Å²) in [4.78, 5) is 26.6. The van der Waals surface area contributed by atoms with Gasteiger partial charge in [0.25, 0.3) is 0 Å². The number of aromatic amines is 1. The van der Waals surface area contributed by atoms with E-state index in [0.29, 0.717) is 5.82 Å². The lowest BCUT2D eigenvalue weighted by molar-refractivity contribution is -0.120. The zero-order valence-electron chi connectivity index (χ0n) is 17.0. The predicted octanol–water partition coefficient (Wildman–Crippen LogP) is 2.34. The van der Waals surface area contributed by atoms with E-state index in [1.807, 2.05) is 54.9 Å². The molecule has 5 rings (SSSR count). The number of H-pyrrole nitrogens is 1. The first-order chi connectivity index (χ1) is 15.3. The molecule has 31 heavy (non-hydrogen) atoms. The van der Waals surface area contributed by atoms with E-state index in [1.54, 1.807) is 11.0 Å². The van der Waals surface area contributed by atoms with Crippen LogP contribution in [0, 0.1) is 0 Å². The van der Waals surface area contributed by atoms with Crippen LogP contribution < -0.4 is 15.5 Å². The maximum Gasteiger partial charge on any atom is 0.239 e. The van der Waals surface area contributed by atoms with Crippen LogP contribution in [0.1, 0.15) is 12.8 Å². The SMILES string of the molecule is O=C(CNc1ccn(-c2ccccc2)n1)N[C@@H]1CCCN(c2ncnc3[nH]ccc23)C1. The number of rotatable bonds is 6. The summed E-state index contributed by atoms with van der Waals surface area (Å²) in [6.45, 7) is 1.82. The molecule has 1 fully saturated rings. The van der Waals surface area contributed by atoms with Crippen molar-refractivity contribution < 1.29 is 4.79 Å². The summed E-state index contributed by atoms with van der Waals surface area (Å²) in [7, 11) is 0. The van der Waals surface area contributed by atoms with E-state index in [4.69, 9.17) is 0 Å². The highest BCUT2D eigenvalue weighted by atomic mass is 16.2. The molecule has 4 heterocycles. The van der Waals surface area contributed by atoms with E-state index in [-0.39, 0.29) is 18.5 Å². The lowest BCUT2D eigenvalue weighted by atomic mass is 10.1. The Labute approximate surface area is 179 Å². The minimum Gasteiger partial charge on any atom is -0.360 e. The fourth-order valence-corrected chi connectivity index (χ4v) is 3.99. The Bertz CT molecular complexity index is 1170. The van der Waals surface area contributed by atoms with Crippen molar-refractivity contribution in [1.82, 2.24) is 30.0 Å². The number of para-hydroxylation sites is 1. The number of benzene rings is 1. The quantitative estimate of drug-likeness (QED) is 0.446. The molecule has 0 bridgehead atoms. The monoisotopic (exact) mass is 416 g/mol. The third kappa shape index (κ3) is 4.20. The van der Waals surface area contributed by atoms with Crippen LogP contribution in [0.25, 0.3) is 16.7 Å². The van der Waals surface area contributed by atoms with E-state index in [9.17, 15) is 4.79 Å². The van der Waals surface area contributed by atoms with Gasteiger partial charge in [0.05, 0.1) is 17.6 Å². The molecule has 4 aromatic rings. The van der Waals surface area contributed by atoms with Crippen LogP contribution in [-0.2, 0) is 4.79 Å². The highest BCUT2D eigenvalue weighted by molar-refractivity contribution is 5.87. The Morgan fingerprint density at radius 1 is 1.16 bits per heavy atom. The average molecular weight is 416 g/mol. The second-order valence-electron chi connectivity index (χ2n) is 7.62. The molecule has 9 nitrogen and oxygen atoms in total. The summed E-state index contributed by atoms with van der Waals surface area (Å²) in [5.41, 5.74) is 1.80. The summed E-state index contributed by atoms with van der Waals surface area (Å²) in [6, 6.07) is 13.8. The average Bonchev–Trinajstić information content (AvgIpc) is 3.48. The van der Waals surface area contributed by atoms with Crippen LogP contribution in [0.2, 0.25) is 0 Å². The molecule has 0 aliphatic carbocycles. The van der Waals surface area contributed by atoms with Crippen molar-refractivity contribution >= 4 is 28.6 Å². The fraction of sp³-hybridized carbons (Fsp3) is 0.273. The molecule has 1 aliphatic heterocycles. The van der Waals surface area contributed by atoms with E-state index < -0.39 is 0 Å². The van der Waals surface area contributed by atoms with E-state index in [0.717, 1.165) is 48.5 Å².